The Morgan fingerprint density at radius 3 is 2.48 bits per heavy atom. The summed E-state index contributed by atoms with van der Waals surface area (Å²) in [7, 11) is 2.07. The predicted molar refractivity (Wildman–Crippen MR) is 109 cm³/mol. The molecule has 0 aromatic carbocycles. The molecule has 8 nitrogen and oxygen atoms in total. The number of Topliss-reactive ketones (excluding diaryl/α,β-unsaturated/α-hetero) is 1. The highest BCUT2D eigenvalue weighted by atomic mass is 31.2. The normalized spacial score (nSPS) is 22.9. The van der Waals surface area contributed by atoms with Gasteiger partial charge in [0.05, 0.1) is 13.5 Å². The van der Waals surface area contributed by atoms with Crippen molar-refractivity contribution in [2.75, 3.05) is 34.6 Å². The molecule has 0 amide bonds. The Hall–Kier alpha value is -1.31. The van der Waals surface area contributed by atoms with E-state index in [0.717, 1.165) is 11.1 Å². The standard InChI is InChI=1S/C20H33O8P/c1-15(9-7-8-10-17(21)14-29(23,26-5)27-6)19-16(2)11-12-20(25-4,28-19)13-18(22)24-3/h9,11,19H,7-8,10,12-14H2,1-6H3/b15-9+/t19-,20-/m1/s1. The van der Waals surface area contributed by atoms with Crippen LogP contribution in [0.5, 0.6) is 0 Å². The zero-order valence-electron chi connectivity index (χ0n) is 18.2. The third-order valence-corrected chi connectivity index (χ3v) is 6.81. The molecule has 0 saturated carbocycles. The number of hydrogen-bond donors (Lipinski definition) is 0. The van der Waals surface area contributed by atoms with Crippen LogP contribution in [0.3, 0.4) is 0 Å². The summed E-state index contributed by atoms with van der Waals surface area (Å²) in [5, 5.41) is 0. The lowest BCUT2D eigenvalue weighted by Crippen LogP contribution is -2.44. The average molecular weight is 432 g/mol. The number of unbranched alkanes of at least 4 members (excludes halogenated alkanes) is 1. The molecular weight excluding hydrogens is 399 g/mol. The van der Waals surface area contributed by atoms with Crippen molar-refractivity contribution in [2.24, 2.45) is 0 Å². The van der Waals surface area contributed by atoms with E-state index in [1.54, 1.807) is 0 Å². The lowest BCUT2D eigenvalue weighted by Gasteiger charge is -2.39. The van der Waals surface area contributed by atoms with E-state index in [4.69, 9.17) is 23.3 Å². The maximum atomic E-state index is 12.0. The first-order chi connectivity index (χ1) is 13.6. The third-order valence-electron chi connectivity index (χ3n) is 4.96. The van der Waals surface area contributed by atoms with E-state index in [1.165, 1.54) is 28.4 Å². The second-order valence-electron chi connectivity index (χ2n) is 7.03. The molecule has 0 unspecified atom stereocenters. The third kappa shape index (κ3) is 7.79. The molecule has 29 heavy (non-hydrogen) atoms. The summed E-state index contributed by atoms with van der Waals surface area (Å²) in [6.45, 7) is 3.91. The predicted octanol–water partition coefficient (Wildman–Crippen LogP) is 3.80. The topological polar surface area (TPSA) is 97.4 Å². The van der Waals surface area contributed by atoms with Crippen LogP contribution in [0.1, 0.15) is 46.0 Å². The van der Waals surface area contributed by atoms with Crippen LogP contribution in [-0.2, 0) is 37.4 Å². The molecule has 0 aromatic heterocycles. The number of ether oxygens (including phenoxy) is 3. The van der Waals surface area contributed by atoms with Crippen molar-refractivity contribution in [3.05, 3.63) is 23.3 Å². The lowest BCUT2D eigenvalue weighted by atomic mass is 9.94. The van der Waals surface area contributed by atoms with Gasteiger partial charge in [-0.15, -0.1) is 0 Å². The van der Waals surface area contributed by atoms with Crippen molar-refractivity contribution < 1.29 is 37.4 Å². The summed E-state index contributed by atoms with van der Waals surface area (Å²) in [6.07, 6.45) is 5.49. The van der Waals surface area contributed by atoms with Crippen LogP contribution in [0.15, 0.2) is 23.3 Å². The van der Waals surface area contributed by atoms with Crippen molar-refractivity contribution in [3.63, 3.8) is 0 Å². The first kappa shape index (κ1) is 25.7. The maximum absolute atomic E-state index is 12.0. The quantitative estimate of drug-likeness (QED) is 0.199. The van der Waals surface area contributed by atoms with Gasteiger partial charge in [0.15, 0.2) is 5.79 Å². The Kier molecular flexibility index (Phi) is 10.4. The first-order valence-corrected chi connectivity index (χ1v) is 11.2. The molecule has 0 aliphatic carbocycles. The minimum absolute atomic E-state index is 0.00111. The fourth-order valence-corrected chi connectivity index (χ4v) is 4.07. The van der Waals surface area contributed by atoms with Crippen LogP contribution in [0.2, 0.25) is 0 Å². The molecule has 0 spiro atoms. The zero-order valence-corrected chi connectivity index (χ0v) is 19.1. The summed E-state index contributed by atoms with van der Waals surface area (Å²) in [5.74, 6) is -1.61. The molecule has 166 valence electrons. The molecule has 1 rings (SSSR count). The van der Waals surface area contributed by atoms with Gasteiger partial charge >= 0.3 is 13.6 Å². The Labute approximate surface area is 173 Å². The molecule has 2 atom stereocenters. The lowest BCUT2D eigenvalue weighted by molar-refractivity contribution is -0.242. The fourth-order valence-electron chi connectivity index (χ4n) is 3.08. The zero-order chi connectivity index (χ0) is 22.1. The van der Waals surface area contributed by atoms with E-state index in [-0.39, 0.29) is 30.9 Å². The van der Waals surface area contributed by atoms with E-state index in [2.05, 4.69) is 0 Å². The molecule has 0 fully saturated rings. The highest BCUT2D eigenvalue weighted by molar-refractivity contribution is 7.54. The van der Waals surface area contributed by atoms with Crippen molar-refractivity contribution >= 4 is 19.3 Å². The minimum Gasteiger partial charge on any atom is -0.469 e. The second-order valence-corrected chi connectivity index (χ2v) is 9.30. The molecule has 0 aromatic rings. The summed E-state index contributed by atoms with van der Waals surface area (Å²) < 4.78 is 38.0. The van der Waals surface area contributed by atoms with Gasteiger partial charge in [-0.3, -0.25) is 14.2 Å². The van der Waals surface area contributed by atoms with E-state index in [1.807, 2.05) is 26.0 Å². The van der Waals surface area contributed by atoms with Crippen LogP contribution in [-0.4, -0.2) is 58.2 Å². The van der Waals surface area contributed by atoms with E-state index >= 15 is 0 Å². The van der Waals surface area contributed by atoms with Crippen molar-refractivity contribution in [1.29, 1.82) is 0 Å². The molecule has 1 aliphatic rings. The smallest absolute Gasteiger partial charge is 0.337 e. The van der Waals surface area contributed by atoms with Crippen molar-refractivity contribution in [3.8, 4) is 0 Å². The fraction of sp³-hybridized carbons (Fsp3) is 0.700. The Morgan fingerprint density at radius 1 is 1.28 bits per heavy atom. The summed E-state index contributed by atoms with van der Waals surface area (Å²) in [5.41, 5.74) is 2.00. The number of methoxy groups -OCH3 is 2. The average Bonchev–Trinajstić information content (AvgIpc) is 2.72. The van der Waals surface area contributed by atoms with Crippen molar-refractivity contribution in [2.45, 2.75) is 57.8 Å². The minimum atomic E-state index is -3.31. The van der Waals surface area contributed by atoms with Gasteiger partial charge < -0.3 is 23.3 Å². The van der Waals surface area contributed by atoms with E-state index in [0.29, 0.717) is 19.3 Å². The molecule has 0 saturated heterocycles. The summed E-state index contributed by atoms with van der Waals surface area (Å²) in [6, 6.07) is 0. The van der Waals surface area contributed by atoms with Gasteiger partial charge in [0.1, 0.15) is 18.0 Å². The van der Waals surface area contributed by atoms with Gasteiger partial charge in [0.25, 0.3) is 0 Å². The molecule has 0 N–H and O–H groups in total. The van der Waals surface area contributed by atoms with Gasteiger partial charge in [-0.2, -0.15) is 0 Å². The SMILES string of the molecule is COC(=O)C[C@@]1(OC)CC=C(C)[C@@H](/C(C)=C/CCCC(=O)CP(=O)(OC)OC)O1. The summed E-state index contributed by atoms with van der Waals surface area (Å²) in [4.78, 5) is 23.7. The van der Waals surface area contributed by atoms with Gasteiger partial charge in [0.2, 0.25) is 0 Å². The Balaban J connectivity index is 2.66. The van der Waals surface area contributed by atoms with Crippen LogP contribution >= 0.6 is 7.60 Å². The number of rotatable bonds is 12. The van der Waals surface area contributed by atoms with Gasteiger partial charge in [-0.1, -0.05) is 12.2 Å². The second kappa shape index (κ2) is 11.8. The number of allylic oxidation sites excluding steroid dienone is 1. The molecule has 1 heterocycles. The van der Waals surface area contributed by atoms with Gasteiger partial charge in [-0.25, -0.2) is 0 Å². The van der Waals surface area contributed by atoms with Crippen molar-refractivity contribution in [1.82, 2.24) is 0 Å². The molecule has 0 bridgehead atoms. The Bertz CT molecular complexity index is 676. The number of carbonyl (C=O) groups is 2. The highest BCUT2D eigenvalue weighted by Gasteiger charge is 2.40. The number of ketones is 1. The van der Waals surface area contributed by atoms with E-state index in [9.17, 15) is 14.2 Å². The number of esters is 1. The van der Waals surface area contributed by atoms with Crippen LogP contribution in [0.4, 0.5) is 0 Å². The molecule has 0 radical (unpaired) electrons. The monoisotopic (exact) mass is 432 g/mol. The van der Waals surface area contributed by atoms with Gasteiger partial charge in [0, 0.05) is 34.2 Å². The molecular formula is C20H33O8P. The molecule has 9 heteroatoms. The van der Waals surface area contributed by atoms with Crippen LogP contribution in [0.25, 0.3) is 0 Å². The number of carbonyl (C=O) groups excluding carboxylic acids is 2. The summed E-state index contributed by atoms with van der Waals surface area (Å²) >= 11 is 0. The molecule has 1 aliphatic heterocycles. The highest BCUT2D eigenvalue weighted by Crippen LogP contribution is 2.46. The maximum Gasteiger partial charge on any atom is 0.337 e. The van der Waals surface area contributed by atoms with Crippen LogP contribution in [0, 0.1) is 0 Å². The number of hydrogen-bond acceptors (Lipinski definition) is 8. The van der Waals surface area contributed by atoms with Crippen LogP contribution < -0.4 is 0 Å². The largest absolute Gasteiger partial charge is 0.469 e. The van der Waals surface area contributed by atoms with E-state index < -0.39 is 19.4 Å². The Morgan fingerprint density at radius 2 is 1.93 bits per heavy atom. The van der Waals surface area contributed by atoms with Gasteiger partial charge in [-0.05, 0) is 37.8 Å². The first-order valence-electron chi connectivity index (χ1n) is 9.49.